The van der Waals surface area contributed by atoms with E-state index < -0.39 is 0 Å². The third-order valence-corrected chi connectivity index (χ3v) is 6.01. The maximum absolute atomic E-state index is 12.9. The van der Waals surface area contributed by atoms with Gasteiger partial charge in [-0.2, -0.15) is 0 Å². The van der Waals surface area contributed by atoms with Gasteiger partial charge in [-0.25, -0.2) is 0 Å². The maximum Gasteiger partial charge on any atom is 0.225 e. The monoisotopic (exact) mass is 291 g/mol. The number of rotatable bonds is 2. The zero-order valence-corrected chi connectivity index (χ0v) is 13.4. The number of piperidine rings is 1. The third kappa shape index (κ3) is 3.17. The van der Waals surface area contributed by atoms with Gasteiger partial charge in [0.05, 0.1) is 0 Å². The van der Waals surface area contributed by atoms with Crippen LogP contribution in [0.2, 0.25) is 0 Å². The van der Waals surface area contributed by atoms with Crippen molar-refractivity contribution in [2.75, 3.05) is 6.54 Å². The Bertz CT molecular complexity index is 398. The van der Waals surface area contributed by atoms with Crippen LogP contribution < -0.4 is 0 Å². The number of Topliss-reactive ketones (excluding diaryl/α,β-unsaturated/α-hetero) is 1. The molecule has 3 fully saturated rings. The highest BCUT2D eigenvalue weighted by Crippen LogP contribution is 2.36. The summed E-state index contributed by atoms with van der Waals surface area (Å²) in [5.74, 6) is 1.95. The van der Waals surface area contributed by atoms with E-state index in [0.717, 1.165) is 57.4 Å². The van der Waals surface area contributed by atoms with Crippen LogP contribution in [0.1, 0.15) is 71.1 Å². The Morgan fingerprint density at radius 3 is 2.43 bits per heavy atom. The van der Waals surface area contributed by atoms with Crippen molar-refractivity contribution >= 4 is 11.7 Å². The van der Waals surface area contributed by atoms with E-state index in [4.69, 9.17) is 0 Å². The van der Waals surface area contributed by atoms with E-state index in [9.17, 15) is 9.59 Å². The van der Waals surface area contributed by atoms with E-state index in [1.807, 2.05) is 0 Å². The van der Waals surface area contributed by atoms with Crippen LogP contribution in [0.4, 0.5) is 0 Å². The fraction of sp³-hybridized carbons (Fsp3) is 0.889. The molecule has 2 atom stereocenters. The maximum atomic E-state index is 12.9. The van der Waals surface area contributed by atoms with Crippen molar-refractivity contribution in [3.63, 3.8) is 0 Å². The van der Waals surface area contributed by atoms with Gasteiger partial charge < -0.3 is 4.90 Å². The van der Waals surface area contributed by atoms with Crippen molar-refractivity contribution in [2.45, 2.75) is 77.2 Å². The number of hydrogen-bond donors (Lipinski definition) is 0. The Hall–Kier alpha value is -0.860. The quantitative estimate of drug-likeness (QED) is 0.780. The fourth-order valence-corrected chi connectivity index (χ4v) is 4.64. The summed E-state index contributed by atoms with van der Waals surface area (Å²) in [6.45, 7) is 3.18. The molecule has 1 aliphatic heterocycles. The second kappa shape index (κ2) is 6.50. The van der Waals surface area contributed by atoms with Crippen molar-refractivity contribution in [1.29, 1.82) is 0 Å². The van der Waals surface area contributed by atoms with E-state index in [-0.39, 0.29) is 17.9 Å². The third-order valence-electron chi connectivity index (χ3n) is 6.01. The second-order valence-corrected chi connectivity index (χ2v) is 7.52. The smallest absolute Gasteiger partial charge is 0.225 e. The van der Waals surface area contributed by atoms with Gasteiger partial charge in [0, 0.05) is 30.8 Å². The molecule has 118 valence electrons. The normalized spacial score (nSPS) is 37.8. The predicted octanol–water partition coefficient (Wildman–Crippen LogP) is 3.56. The van der Waals surface area contributed by atoms with E-state index in [0.29, 0.717) is 11.7 Å². The van der Waals surface area contributed by atoms with Crippen LogP contribution in [0.25, 0.3) is 0 Å². The van der Waals surface area contributed by atoms with Crippen LogP contribution in [0, 0.1) is 17.8 Å². The van der Waals surface area contributed by atoms with Crippen molar-refractivity contribution in [2.24, 2.45) is 17.8 Å². The molecule has 2 aliphatic carbocycles. The Morgan fingerprint density at radius 1 is 1.00 bits per heavy atom. The Kier molecular flexibility index (Phi) is 4.66. The Balaban J connectivity index is 1.68. The van der Waals surface area contributed by atoms with Crippen LogP contribution in [0.15, 0.2) is 0 Å². The van der Waals surface area contributed by atoms with Gasteiger partial charge in [0.2, 0.25) is 5.91 Å². The molecule has 1 heterocycles. The molecule has 0 bridgehead atoms. The van der Waals surface area contributed by atoms with E-state index >= 15 is 0 Å². The van der Waals surface area contributed by atoms with Crippen LogP contribution >= 0.6 is 0 Å². The molecule has 0 radical (unpaired) electrons. The van der Waals surface area contributed by atoms with Crippen LogP contribution in [-0.2, 0) is 9.59 Å². The van der Waals surface area contributed by atoms with E-state index in [1.54, 1.807) is 0 Å². The zero-order chi connectivity index (χ0) is 14.8. The summed E-state index contributed by atoms with van der Waals surface area (Å²) >= 11 is 0. The second-order valence-electron chi connectivity index (χ2n) is 7.52. The van der Waals surface area contributed by atoms with E-state index in [2.05, 4.69) is 11.8 Å². The van der Waals surface area contributed by atoms with Gasteiger partial charge >= 0.3 is 0 Å². The molecular formula is C18H29NO2. The number of carbonyl (C=O) groups excluding carboxylic acids is 2. The van der Waals surface area contributed by atoms with Crippen molar-refractivity contribution in [3.8, 4) is 0 Å². The van der Waals surface area contributed by atoms with Crippen LogP contribution in [0.3, 0.4) is 0 Å². The lowest BCUT2D eigenvalue weighted by Gasteiger charge is -2.41. The number of nitrogens with zero attached hydrogens (tertiary/aromatic N) is 1. The van der Waals surface area contributed by atoms with Crippen LogP contribution in [0.5, 0.6) is 0 Å². The minimum Gasteiger partial charge on any atom is -0.339 e. The molecule has 21 heavy (non-hydrogen) atoms. The van der Waals surface area contributed by atoms with Gasteiger partial charge in [-0.1, -0.05) is 6.92 Å². The predicted molar refractivity (Wildman–Crippen MR) is 82.8 cm³/mol. The molecule has 3 aliphatic rings. The van der Waals surface area contributed by atoms with Gasteiger partial charge in [-0.05, 0) is 63.7 Å². The molecule has 2 unspecified atom stereocenters. The molecule has 1 amide bonds. The first-order valence-electron chi connectivity index (χ1n) is 9.00. The highest BCUT2D eigenvalue weighted by atomic mass is 16.2. The van der Waals surface area contributed by atoms with Gasteiger partial charge in [0.25, 0.3) is 0 Å². The first kappa shape index (κ1) is 15.1. The molecule has 3 nitrogen and oxygen atoms in total. The highest BCUT2D eigenvalue weighted by Gasteiger charge is 2.40. The topological polar surface area (TPSA) is 37.4 Å². The first-order valence-corrected chi connectivity index (χ1v) is 9.00. The Morgan fingerprint density at radius 2 is 1.76 bits per heavy atom. The number of carbonyl (C=O) groups is 2. The number of amides is 1. The van der Waals surface area contributed by atoms with Crippen LogP contribution in [-0.4, -0.2) is 29.2 Å². The SMILES string of the molecule is CC1CCC(C(=O)N2CCCCC2C2CCCC2=O)CC1. The molecule has 3 heteroatoms. The summed E-state index contributed by atoms with van der Waals surface area (Å²) in [6.07, 6.45) is 10.6. The summed E-state index contributed by atoms with van der Waals surface area (Å²) in [4.78, 5) is 27.2. The summed E-state index contributed by atoms with van der Waals surface area (Å²) in [5.41, 5.74) is 0. The number of likely N-dealkylation sites (tertiary alicyclic amines) is 1. The molecule has 1 saturated heterocycles. The van der Waals surface area contributed by atoms with Crippen molar-refractivity contribution < 1.29 is 9.59 Å². The lowest BCUT2D eigenvalue weighted by Crippen LogP contribution is -2.51. The molecule has 0 aromatic heterocycles. The van der Waals surface area contributed by atoms with Gasteiger partial charge in [-0.15, -0.1) is 0 Å². The number of ketones is 1. The van der Waals surface area contributed by atoms with Gasteiger partial charge in [0.1, 0.15) is 5.78 Å². The summed E-state index contributed by atoms with van der Waals surface area (Å²) in [6, 6.07) is 0.223. The minimum atomic E-state index is 0.150. The molecule has 2 saturated carbocycles. The molecule has 0 N–H and O–H groups in total. The van der Waals surface area contributed by atoms with E-state index in [1.165, 1.54) is 19.3 Å². The summed E-state index contributed by atoms with van der Waals surface area (Å²) in [7, 11) is 0. The fourth-order valence-electron chi connectivity index (χ4n) is 4.64. The van der Waals surface area contributed by atoms with Gasteiger partial charge in [-0.3, -0.25) is 9.59 Å². The number of hydrogen-bond acceptors (Lipinski definition) is 2. The molecule has 0 aromatic carbocycles. The molecule has 0 aromatic rings. The highest BCUT2D eigenvalue weighted by molar-refractivity contribution is 5.85. The minimum absolute atomic E-state index is 0.150. The molecular weight excluding hydrogens is 262 g/mol. The average molecular weight is 291 g/mol. The molecule has 3 rings (SSSR count). The largest absolute Gasteiger partial charge is 0.339 e. The van der Waals surface area contributed by atoms with Crippen molar-refractivity contribution in [3.05, 3.63) is 0 Å². The molecule has 0 spiro atoms. The van der Waals surface area contributed by atoms with Crippen molar-refractivity contribution in [1.82, 2.24) is 4.90 Å². The first-order chi connectivity index (χ1) is 10.2. The summed E-state index contributed by atoms with van der Waals surface area (Å²) < 4.78 is 0. The lowest BCUT2D eigenvalue weighted by atomic mass is 9.81. The lowest BCUT2D eigenvalue weighted by molar-refractivity contribution is -0.143. The standard InChI is InChI=1S/C18H29NO2/c1-13-8-10-14(11-9-13)18(21)19-12-3-2-6-16(19)15-5-4-7-17(15)20/h13-16H,2-12H2,1H3. The Labute approximate surface area is 128 Å². The summed E-state index contributed by atoms with van der Waals surface area (Å²) in [5, 5.41) is 0. The average Bonchev–Trinajstić information content (AvgIpc) is 2.93. The zero-order valence-electron chi connectivity index (χ0n) is 13.4. The van der Waals surface area contributed by atoms with Gasteiger partial charge in [0.15, 0.2) is 0 Å².